The first-order valence-electron chi connectivity index (χ1n) is 11.0. The van der Waals surface area contributed by atoms with E-state index < -0.39 is 23.6 Å². The summed E-state index contributed by atoms with van der Waals surface area (Å²) in [5, 5.41) is 8.23. The van der Waals surface area contributed by atoms with Crippen LogP contribution in [-0.4, -0.2) is 32.1 Å². The molecule has 0 saturated heterocycles. The minimum atomic E-state index is -4.66. The molecule has 1 aliphatic heterocycles. The summed E-state index contributed by atoms with van der Waals surface area (Å²) in [7, 11) is 1.61. The fraction of sp³-hybridized carbons (Fsp3) is 0.231. The number of benzene rings is 3. The molecule has 0 spiro atoms. The van der Waals surface area contributed by atoms with Crippen LogP contribution in [0.2, 0.25) is 0 Å². The molecule has 0 saturated carbocycles. The molecular formula is C26H24F3N3O3. The second kappa shape index (κ2) is 10.3. The van der Waals surface area contributed by atoms with Crippen LogP contribution in [0.3, 0.4) is 0 Å². The number of rotatable bonds is 8. The molecule has 3 aromatic carbocycles. The van der Waals surface area contributed by atoms with E-state index in [1.165, 1.54) is 6.07 Å². The summed E-state index contributed by atoms with van der Waals surface area (Å²) in [6.07, 6.45) is -5.01. The average Bonchev–Trinajstić information content (AvgIpc) is 3.21. The first-order chi connectivity index (χ1) is 16.8. The monoisotopic (exact) mass is 483 g/mol. The fourth-order valence-corrected chi connectivity index (χ4v) is 4.04. The Hall–Kier alpha value is -3.69. The van der Waals surface area contributed by atoms with E-state index in [-0.39, 0.29) is 23.4 Å². The number of methoxy groups -OCH3 is 1. The van der Waals surface area contributed by atoms with Gasteiger partial charge in [-0.05, 0) is 46.5 Å². The molecule has 0 radical (unpaired) electrons. The minimum absolute atomic E-state index is 0.0461. The van der Waals surface area contributed by atoms with Crippen LogP contribution in [0.15, 0.2) is 60.7 Å². The lowest BCUT2D eigenvalue weighted by molar-refractivity contribution is -0.138. The summed E-state index contributed by atoms with van der Waals surface area (Å²) in [6.45, 7) is 1.61. The predicted molar refractivity (Wildman–Crippen MR) is 127 cm³/mol. The number of ether oxygens (including phenoxy) is 1. The van der Waals surface area contributed by atoms with Crippen LogP contribution in [0.25, 0.3) is 11.1 Å². The Morgan fingerprint density at radius 3 is 2.57 bits per heavy atom. The van der Waals surface area contributed by atoms with Crippen LogP contribution in [0.4, 0.5) is 24.5 Å². The van der Waals surface area contributed by atoms with Crippen molar-refractivity contribution < 1.29 is 27.5 Å². The Labute approximate surface area is 200 Å². The molecule has 3 N–H and O–H groups in total. The standard InChI is InChI=1S/C26H24F3N3O3/c1-35-10-9-30-15-18-11-17(7-8-20(18)16-5-3-2-4-6-16)25(34)31-19-12-22(26(27,28)29)21-14-24(33)32-23(21)13-19/h2-8,11-13,30H,9-10,14-15H2,1H3,(H,31,34)(H,32,33). The van der Waals surface area contributed by atoms with E-state index in [1.807, 2.05) is 36.4 Å². The summed E-state index contributed by atoms with van der Waals surface area (Å²) in [6, 6.07) is 17.1. The Kier molecular flexibility index (Phi) is 7.18. The van der Waals surface area contributed by atoms with Crippen LogP contribution in [-0.2, 0) is 28.7 Å². The molecule has 4 rings (SSSR count). The highest BCUT2D eigenvalue weighted by Gasteiger charge is 2.37. The topological polar surface area (TPSA) is 79.5 Å². The van der Waals surface area contributed by atoms with Gasteiger partial charge in [0.1, 0.15) is 0 Å². The van der Waals surface area contributed by atoms with Crippen molar-refractivity contribution in [2.75, 3.05) is 30.9 Å². The third kappa shape index (κ3) is 5.70. The van der Waals surface area contributed by atoms with Gasteiger partial charge >= 0.3 is 6.18 Å². The smallest absolute Gasteiger partial charge is 0.383 e. The van der Waals surface area contributed by atoms with Crippen LogP contribution in [0, 0.1) is 0 Å². The van der Waals surface area contributed by atoms with Crippen LogP contribution < -0.4 is 16.0 Å². The van der Waals surface area contributed by atoms with Gasteiger partial charge in [-0.15, -0.1) is 0 Å². The molecule has 2 amide bonds. The highest BCUT2D eigenvalue weighted by molar-refractivity contribution is 6.06. The van der Waals surface area contributed by atoms with Crippen molar-refractivity contribution in [3.05, 3.63) is 82.9 Å². The third-order valence-corrected chi connectivity index (χ3v) is 5.68. The maximum absolute atomic E-state index is 13.6. The van der Waals surface area contributed by atoms with Gasteiger partial charge in [0.25, 0.3) is 5.91 Å². The van der Waals surface area contributed by atoms with Crippen molar-refractivity contribution in [3.63, 3.8) is 0 Å². The first-order valence-corrected chi connectivity index (χ1v) is 11.0. The Morgan fingerprint density at radius 2 is 1.86 bits per heavy atom. The molecule has 0 aliphatic carbocycles. The normalized spacial score (nSPS) is 12.9. The van der Waals surface area contributed by atoms with Gasteiger partial charge in [-0.3, -0.25) is 9.59 Å². The molecule has 0 unspecified atom stereocenters. The van der Waals surface area contributed by atoms with Crippen molar-refractivity contribution in [1.29, 1.82) is 0 Å². The highest BCUT2D eigenvalue weighted by Crippen LogP contribution is 2.40. The minimum Gasteiger partial charge on any atom is -0.383 e. The Balaban J connectivity index is 1.62. The summed E-state index contributed by atoms with van der Waals surface area (Å²) in [4.78, 5) is 24.7. The molecule has 6 nitrogen and oxygen atoms in total. The lowest BCUT2D eigenvalue weighted by Gasteiger charge is -2.16. The molecule has 35 heavy (non-hydrogen) atoms. The van der Waals surface area contributed by atoms with Gasteiger partial charge in [-0.2, -0.15) is 13.2 Å². The molecular weight excluding hydrogens is 459 g/mol. The van der Waals surface area contributed by atoms with Gasteiger partial charge in [0.05, 0.1) is 18.6 Å². The number of halogens is 3. The molecule has 0 fully saturated rings. The van der Waals surface area contributed by atoms with E-state index in [1.54, 1.807) is 19.2 Å². The molecule has 9 heteroatoms. The summed E-state index contributed by atoms with van der Waals surface area (Å²) >= 11 is 0. The molecule has 182 valence electrons. The highest BCUT2D eigenvalue weighted by atomic mass is 19.4. The molecule has 1 aliphatic rings. The van der Waals surface area contributed by atoms with Gasteiger partial charge in [0, 0.05) is 37.1 Å². The van der Waals surface area contributed by atoms with Crippen LogP contribution in [0.5, 0.6) is 0 Å². The van der Waals surface area contributed by atoms with Gasteiger partial charge in [-0.25, -0.2) is 0 Å². The number of anilines is 2. The van der Waals surface area contributed by atoms with Crippen molar-refractivity contribution in [2.45, 2.75) is 19.1 Å². The van der Waals surface area contributed by atoms with E-state index in [4.69, 9.17) is 4.74 Å². The van der Waals surface area contributed by atoms with E-state index in [0.29, 0.717) is 25.3 Å². The number of amides is 2. The van der Waals surface area contributed by atoms with Crippen LogP contribution in [0.1, 0.15) is 27.0 Å². The maximum atomic E-state index is 13.6. The summed E-state index contributed by atoms with van der Waals surface area (Å²) in [5.41, 5.74) is 2.03. The van der Waals surface area contributed by atoms with Gasteiger partial charge in [0.15, 0.2) is 0 Å². The second-order valence-corrected chi connectivity index (χ2v) is 8.13. The van der Waals surface area contributed by atoms with E-state index >= 15 is 0 Å². The zero-order valence-corrected chi connectivity index (χ0v) is 19.0. The molecule has 0 atom stereocenters. The van der Waals surface area contributed by atoms with E-state index in [2.05, 4.69) is 16.0 Å². The van der Waals surface area contributed by atoms with Crippen molar-refractivity contribution in [3.8, 4) is 11.1 Å². The van der Waals surface area contributed by atoms with Gasteiger partial charge in [0.2, 0.25) is 5.91 Å². The number of carbonyl (C=O) groups is 2. The lowest BCUT2D eigenvalue weighted by Crippen LogP contribution is -2.20. The zero-order chi connectivity index (χ0) is 25.0. The predicted octanol–water partition coefficient (Wildman–Crippen LogP) is 4.86. The quantitative estimate of drug-likeness (QED) is 0.400. The summed E-state index contributed by atoms with van der Waals surface area (Å²) in [5.74, 6) is -1.07. The molecule has 0 aromatic heterocycles. The first kappa shape index (κ1) is 24.4. The van der Waals surface area contributed by atoms with Gasteiger partial charge < -0.3 is 20.7 Å². The number of hydrogen-bond acceptors (Lipinski definition) is 4. The second-order valence-electron chi connectivity index (χ2n) is 8.13. The third-order valence-electron chi connectivity index (χ3n) is 5.68. The number of fused-ring (bicyclic) bond motifs is 1. The number of nitrogens with one attached hydrogen (secondary N) is 3. The van der Waals surface area contributed by atoms with Crippen molar-refractivity contribution in [1.82, 2.24) is 5.32 Å². The van der Waals surface area contributed by atoms with Crippen LogP contribution >= 0.6 is 0 Å². The maximum Gasteiger partial charge on any atom is 0.416 e. The molecule has 3 aromatic rings. The SMILES string of the molecule is COCCNCc1cc(C(=O)Nc2cc3c(c(C(F)(F)F)c2)CC(=O)N3)ccc1-c1ccccc1. The van der Waals surface area contributed by atoms with E-state index in [0.717, 1.165) is 22.8 Å². The Morgan fingerprint density at radius 1 is 1.09 bits per heavy atom. The Bertz CT molecular complexity index is 1240. The van der Waals surface area contributed by atoms with Gasteiger partial charge in [-0.1, -0.05) is 36.4 Å². The zero-order valence-electron chi connectivity index (χ0n) is 19.0. The molecule has 0 bridgehead atoms. The number of alkyl halides is 3. The fourth-order valence-electron chi connectivity index (χ4n) is 4.04. The lowest BCUT2D eigenvalue weighted by atomic mass is 9.97. The number of carbonyl (C=O) groups excluding carboxylic acids is 2. The summed E-state index contributed by atoms with van der Waals surface area (Å²) < 4.78 is 45.8. The van der Waals surface area contributed by atoms with E-state index in [9.17, 15) is 22.8 Å². The molecule has 1 heterocycles. The van der Waals surface area contributed by atoms with Crippen molar-refractivity contribution >= 4 is 23.2 Å². The van der Waals surface area contributed by atoms with Crippen molar-refractivity contribution in [2.24, 2.45) is 0 Å². The average molecular weight is 483 g/mol. The largest absolute Gasteiger partial charge is 0.416 e. The number of hydrogen-bond donors (Lipinski definition) is 3.